The van der Waals surface area contributed by atoms with E-state index >= 15 is 0 Å². The third kappa shape index (κ3) is 4.92. The van der Waals surface area contributed by atoms with Gasteiger partial charge < -0.3 is 10.6 Å². The third-order valence-electron chi connectivity index (χ3n) is 4.71. The number of anilines is 2. The summed E-state index contributed by atoms with van der Waals surface area (Å²) in [6.45, 7) is 6.41. The average Bonchev–Trinajstić information content (AvgIpc) is 2.74. The Morgan fingerprint density at radius 3 is 1.83 bits per heavy atom. The van der Waals surface area contributed by atoms with Crippen molar-refractivity contribution in [3.05, 3.63) is 95.1 Å². The first-order chi connectivity index (χ1) is 14.3. The highest BCUT2D eigenvalue weighted by Crippen LogP contribution is 2.23. The molecule has 0 radical (unpaired) electrons. The molecular formula is C25H23N3O2. The van der Waals surface area contributed by atoms with E-state index in [4.69, 9.17) is 5.26 Å². The smallest absolute Gasteiger partial charge is 0.255 e. The van der Waals surface area contributed by atoms with Crippen LogP contribution in [-0.4, -0.2) is 11.8 Å². The van der Waals surface area contributed by atoms with Gasteiger partial charge in [-0.15, -0.1) is 0 Å². The normalized spacial score (nSPS) is 10.7. The van der Waals surface area contributed by atoms with Gasteiger partial charge in [0.2, 0.25) is 0 Å². The van der Waals surface area contributed by atoms with Crippen LogP contribution >= 0.6 is 0 Å². The molecule has 0 spiro atoms. The van der Waals surface area contributed by atoms with Crippen LogP contribution in [0.3, 0.4) is 0 Å². The molecule has 0 aliphatic rings. The predicted molar refractivity (Wildman–Crippen MR) is 119 cm³/mol. The van der Waals surface area contributed by atoms with E-state index in [1.54, 1.807) is 48.5 Å². The number of nitrogens with one attached hydrogen (secondary N) is 2. The van der Waals surface area contributed by atoms with Crippen LogP contribution in [0.25, 0.3) is 0 Å². The minimum Gasteiger partial charge on any atom is -0.322 e. The fourth-order valence-electron chi connectivity index (χ4n) is 2.91. The Hall–Kier alpha value is -3.91. The van der Waals surface area contributed by atoms with Crippen molar-refractivity contribution in [1.29, 1.82) is 5.26 Å². The molecule has 0 fully saturated rings. The highest BCUT2D eigenvalue weighted by Gasteiger charge is 2.14. The summed E-state index contributed by atoms with van der Waals surface area (Å²) in [6.07, 6.45) is 0. The van der Waals surface area contributed by atoms with E-state index in [0.29, 0.717) is 28.1 Å². The van der Waals surface area contributed by atoms with Gasteiger partial charge in [0, 0.05) is 16.8 Å². The average molecular weight is 397 g/mol. The van der Waals surface area contributed by atoms with Gasteiger partial charge >= 0.3 is 0 Å². The van der Waals surface area contributed by atoms with E-state index in [0.717, 1.165) is 0 Å². The monoisotopic (exact) mass is 397 g/mol. The second-order valence-corrected chi connectivity index (χ2v) is 7.97. The van der Waals surface area contributed by atoms with E-state index in [2.05, 4.69) is 31.4 Å². The summed E-state index contributed by atoms with van der Waals surface area (Å²) >= 11 is 0. The SMILES string of the molecule is CC(C)(C)c1ccc(NC(=O)c2ccc(C(=O)Nc3ccccc3C#N)cc2)cc1. The molecule has 0 aromatic heterocycles. The maximum atomic E-state index is 12.5. The summed E-state index contributed by atoms with van der Waals surface area (Å²) in [6, 6.07) is 23.0. The fraction of sp³-hybridized carbons (Fsp3) is 0.160. The molecule has 2 N–H and O–H groups in total. The van der Waals surface area contributed by atoms with Crippen molar-refractivity contribution >= 4 is 23.2 Å². The minimum atomic E-state index is -0.345. The van der Waals surface area contributed by atoms with E-state index in [1.807, 2.05) is 30.3 Å². The second-order valence-electron chi connectivity index (χ2n) is 7.97. The van der Waals surface area contributed by atoms with Crippen LogP contribution in [0, 0.1) is 11.3 Å². The summed E-state index contributed by atoms with van der Waals surface area (Å²) in [5, 5.41) is 14.7. The van der Waals surface area contributed by atoms with Gasteiger partial charge in [-0.25, -0.2) is 0 Å². The lowest BCUT2D eigenvalue weighted by Gasteiger charge is -2.19. The van der Waals surface area contributed by atoms with Gasteiger partial charge in [0.1, 0.15) is 6.07 Å². The van der Waals surface area contributed by atoms with Crippen molar-refractivity contribution in [2.45, 2.75) is 26.2 Å². The lowest BCUT2D eigenvalue weighted by molar-refractivity contribution is 0.101. The van der Waals surface area contributed by atoms with Crippen molar-refractivity contribution in [2.75, 3.05) is 10.6 Å². The molecule has 5 heteroatoms. The fourth-order valence-corrected chi connectivity index (χ4v) is 2.91. The summed E-state index contributed by atoms with van der Waals surface area (Å²) in [5.74, 6) is -0.595. The molecule has 0 bridgehead atoms. The second kappa shape index (κ2) is 8.62. The number of rotatable bonds is 4. The Labute approximate surface area is 176 Å². The van der Waals surface area contributed by atoms with Crippen LogP contribution in [-0.2, 0) is 5.41 Å². The Balaban J connectivity index is 1.67. The largest absolute Gasteiger partial charge is 0.322 e. The van der Waals surface area contributed by atoms with E-state index in [-0.39, 0.29) is 17.2 Å². The lowest BCUT2D eigenvalue weighted by Crippen LogP contribution is -2.15. The molecule has 0 saturated heterocycles. The van der Waals surface area contributed by atoms with Crippen molar-refractivity contribution in [3.63, 3.8) is 0 Å². The molecule has 2 amide bonds. The number of carbonyl (C=O) groups excluding carboxylic acids is 2. The number of hydrogen-bond donors (Lipinski definition) is 2. The van der Waals surface area contributed by atoms with Gasteiger partial charge in [-0.3, -0.25) is 9.59 Å². The minimum absolute atomic E-state index is 0.0483. The summed E-state index contributed by atoms with van der Waals surface area (Å²) in [4.78, 5) is 25.0. The Morgan fingerprint density at radius 2 is 1.30 bits per heavy atom. The molecule has 5 nitrogen and oxygen atoms in total. The number of benzene rings is 3. The highest BCUT2D eigenvalue weighted by atomic mass is 16.2. The van der Waals surface area contributed by atoms with Crippen molar-refractivity contribution < 1.29 is 9.59 Å². The molecule has 150 valence electrons. The van der Waals surface area contributed by atoms with Crippen LogP contribution in [0.15, 0.2) is 72.8 Å². The number of carbonyl (C=O) groups is 2. The summed E-state index contributed by atoms with van der Waals surface area (Å²) in [7, 11) is 0. The zero-order chi connectivity index (χ0) is 21.7. The zero-order valence-corrected chi connectivity index (χ0v) is 17.2. The number of nitriles is 1. The molecule has 0 atom stereocenters. The number of para-hydroxylation sites is 1. The van der Waals surface area contributed by atoms with Crippen LogP contribution in [0.5, 0.6) is 0 Å². The molecule has 3 aromatic carbocycles. The lowest BCUT2D eigenvalue weighted by atomic mass is 9.87. The van der Waals surface area contributed by atoms with E-state index in [1.165, 1.54) is 5.56 Å². The summed E-state index contributed by atoms with van der Waals surface area (Å²) < 4.78 is 0. The maximum absolute atomic E-state index is 12.5. The van der Waals surface area contributed by atoms with E-state index in [9.17, 15) is 9.59 Å². The first kappa shape index (κ1) is 20.8. The predicted octanol–water partition coefficient (Wildman–Crippen LogP) is 5.36. The van der Waals surface area contributed by atoms with Crippen molar-refractivity contribution in [1.82, 2.24) is 0 Å². The highest BCUT2D eigenvalue weighted by molar-refractivity contribution is 6.07. The van der Waals surface area contributed by atoms with Crippen molar-refractivity contribution in [3.8, 4) is 6.07 Å². The van der Waals surface area contributed by atoms with Gasteiger partial charge in [-0.2, -0.15) is 5.26 Å². The van der Waals surface area contributed by atoms with Gasteiger partial charge in [0.05, 0.1) is 11.3 Å². The first-order valence-electron chi connectivity index (χ1n) is 9.60. The van der Waals surface area contributed by atoms with Gasteiger partial charge in [0.25, 0.3) is 11.8 Å². The number of amides is 2. The standard InChI is InChI=1S/C25H23N3O2/c1-25(2,3)20-12-14-21(15-13-20)27-23(29)17-8-10-18(11-9-17)24(30)28-22-7-5-4-6-19(22)16-26/h4-15H,1-3H3,(H,27,29)(H,28,30). The van der Waals surface area contributed by atoms with Crippen LogP contribution in [0.2, 0.25) is 0 Å². The van der Waals surface area contributed by atoms with E-state index < -0.39 is 0 Å². The first-order valence-corrected chi connectivity index (χ1v) is 9.60. The topological polar surface area (TPSA) is 82.0 Å². The molecule has 0 unspecified atom stereocenters. The Kier molecular flexibility index (Phi) is 5.98. The molecule has 30 heavy (non-hydrogen) atoms. The molecule has 0 saturated carbocycles. The maximum Gasteiger partial charge on any atom is 0.255 e. The Morgan fingerprint density at radius 1 is 0.767 bits per heavy atom. The molecule has 3 rings (SSSR count). The van der Waals surface area contributed by atoms with Crippen LogP contribution in [0.4, 0.5) is 11.4 Å². The number of nitrogens with zero attached hydrogens (tertiary/aromatic N) is 1. The van der Waals surface area contributed by atoms with Gasteiger partial charge in [-0.05, 0) is 59.5 Å². The third-order valence-corrected chi connectivity index (χ3v) is 4.71. The Bertz CT molecular complexity index is 1100. The molecule has 0 aliphatic heterocycles. The van der Waals surface area contributed by atoms with Crippen LogP contribution < -0.4 is 10.6 Å². The van der Waals surface area contributed by atoms with Crippen LogP contribution in [0.1, 0.15) is 52.6 Å². The quantitative estimate of drug-likeness (QED) is 0.622. The zero-order valence-electron chi connectivity index (χ0n) is 17.2. The molecule has 0 aliphatic carbocycles. The molecule has 0 heterocycles. The molecule has 3 aromatic rings. The number of hydrogen-bond acceptors (Lipinski definition) is 3. The molecular weight excluding hydrogens is 374 g/mol. The van der Waals surface area contributed by atoms with Gasteiger partial charge in [-0.1, -0.05) is 45.0 Å². The van der Waals surface area contributed by atoms with Gasteiger partial charge in [0.15, 0.2) is 0 Å². The summed E-state index contributed by atoms with van der Waals surface area (Å²) in [5.41, 5.74) is 3.63. The van der Waals surface area contributed by atoms with Crippen molar-refractivity contribution in [2.24, 2.45) is 0 Å².